The van der Waals surface area contributed by atoms with Gasteiger partial charge in [0.1, 0.15) is 0 Å². The lowest BCUT2D eigenvalue weighted by Crippen LogP contribution is -2.52. The summed E-state index contributed by atoms with van der Waals surface area (Å²) in [6.07, 6.45) is 7.36. The number of rotatable bonds is 4. The summed E-state index contributed by atoms with van der Waals surface area (Å²) >= 11 is 0. The summed E-state index contributed by atoms with van der Waals surface area (Å²) in [7, 11) is 0. The van der Waals surface area contributed by atoms with Crippen LogP contribution >= 0.6 is 0 Å². The molecule has 2 fully saturated rings. The molecule has 110 valence electrons. The average molecular weight is 274 g/mol. The molecule has 1 aliphatic heterocycles. The second-order valence-electron chi connectivity index (χ2n) is 6.32. The maximum atomic E-state index is 6.07. The Balaban J connectivity index is 1.77. The van der Waals surface area contributed by atoms with Gasteiger partial charge in [-0.05, 0) is 62.8 Å². The van der Waals surface area contributed by atoms with Crippen molar-refractivity contribution in [3.8, 4) is 0 Å². The Labute approximate surface area is 122 Å². The van der Waals surface area contributed by atoms with Crippen molar-refractivity contribution < 1.29 is 4.74 Å². The molecule has 1 aromatic carbocycles. The first-order valence-corrected chi connectivity index (χ1v) is 7.99. The molecule has 1 saturated heterocycles. The maximum absolute atomic E-state index is 6.07. The van der Waals surface area contributed by atoms with Crippen molar-refractivity contribution in [1.82, 2.24) is 0 Å². The maximum Gasteiger partial charge on any atom is 0.0702 e. The molecule has 3 nitrogen and oxygen atoms in total. The zero-order valence-corrected chi connectivity index (χ0v) is 12.5. The van der Waals surface area contributed by atoms with E-state index in [1.165, 1.54) is 37.8 Å². The number of benzene rings is 1. The molecule has 1 heterocycles. The van der Waals surface area contributed by atoms with Crippen LogP contribution in [0.3, 0.4) is 0 Å². The van der Waals surface area contributed by atoms with E-state index >= 15 is 0 Å². The van der Waals surface area contributed by atoms with Crippen LogP contribution in [-0.2, 0) is 4.74 Å². The van der Waals surface area contributed by atoms with Gasteiger partial charge in [0.2, 0.25) is 0 Å². The van der Waals surface area contributed by atoms with Gasteiger partial charge < -0.3 is 15.4 Å². The van der Waals surface area contributed by atoms with Gasteiger partial charge in [0.05, 0.1) is 5.60 Å². The summed E-state index contributed by atoms with van der Waals surface area (Å²) in [5, 5.41) is 0. The van der Waals surface area contributed by atoms with Crippen LogP contribution in [-0.4, -0.2) is 24.8 Å². The number of anilines is 2. The van der Waals surface area contributed by atoms with Crippen LogP contribution in [0.5, 0.6) is 0 Å². The van der Waals surface area contributed by atoms with E-state index in [0.717, 1.165) is 25.3 Å². The van der Waals surface area contributed by atoms with Crippen LogP contribution in [0.2, 0.25) is 0 Å². The van der Waals surface area contributed by atoms with Gasteiger partial charge in [0.15, 0.2) is 0 Å². The van der Waals surface area contributed by atoms with Crippen LogP contribution in [0.25, 0.3) is 0 Å². The Bertz CT molecular complexity index is 439. The molecule has 1 saturated carbocycles. The largest absolute Gasteiger partial charge is 0.399 e. The van der Waals surface area contributed by atoms with E-state index in [1.807, 2.05) is 12.1 Å². The summed E-state index contributed by atoms with van der Waals surface area (Å²) in [4.78, 5) is 2.57. The summed E-state index contributed by atoms with van der Waals surface area (Å²) in [5.74, 6) is 0. The zero-order chi connectivity index (χ0) is 14.0. The fourth-order valence-corrected chi connectivity index (χ4v) is 3.62. The van der Waals surface area contributed by atoms with E-state index < -0.39 is 0 Å². The SMILES string of the molecule is CCCN(c1ccc(N)cc1)C1CCOC2(CCC2)C1. The molecule has 0 amide bonds. The fourth-order valence-electron chi connectivity index (χ4n) is 3.62. The van der Waals surface area contributed by atoms with Gasteiger partial charge in [-0.2, -0.15) is 0 Å². The van der Waals surface area contributed by atoms with Crippen molar-refractivity contribution in [2.45, 2.75) is 57.1 Å². The third-order valence-corrected chi connectivity index (χ3v) is 4.86. The molecule has 1 aromatic rings. The molecule has 2 aliphatic rings. The highest BCUT2D eigenvalue weighted by molar-refractivity contribution is 5.53. The third-order valence-electron chi connectivity index (χ3n) is 4.86. The van der Waals surface area contributed by atoms with Crippen molar-refractivity contribution in [2.24, 2.45) is 0 Å². The predicted octanol–water partition coefficient (Wildman–Crippen LogP) is 3.59. The zero-order valence-electron chi connectivity index (χ0n) is 12.5. The van der Waals surface area contributed by atoms with Gasteiger partial charge in [-0.25, -0.2) is 0 Å². The summed E-state index contributed by atoms with van der Waals surface area (Å²) in [5.41, 5.74) is 8.17. The summed E-state index contributed by atoms with van der Waals surface area (Å²) in [6, 6.07) is 8.96. The van der Waals surface area contributed by atoms with Crippen LogP contribution < -0.4 is 10.6 Å². The lowest BCUT2D eigenvalue weighted by molar-refractivity contribution is -0.132. The minimum atomic E-state index is 0.211. The molecule has 1 spiro atoms. The van der Waals surface area contributed by atoms with E-state index in [2.05, 4.69) is 24.0 Å². The van der Waals surface area contributed by atoms with E-state index in [-0.39, 0.29) is 5.60 Å². The summed E-state index contributed by atoms with van der Waals surface area (Å²) < 4.78 is 6.07. The van der Waals surface area contributed by atoms with E-state index in [4.69, 9.17) is 10.5 Å². The Morgan fingerprint density at radius 2 is 2.05 bits per heavy atom. The standard InChI is InChI=1S/C17H26N2O/c1-2-11-19(15-6-4-14(18)5-7-15)16-8-12-20-17(13-16)9-3-10-17/h4-7,16H,2-3,8-13,18H2,1H3. The smallest absolute Gasteiger partial charge is 0.0702 e. The van der Waals surface area contributed by atoms with E-state index in [1.54, 1.807) is 0 Å². The normalized spacial score (nSPS) is 24.4. The predicted molar refractivity (Wildman–Crippen MR) is 84.0 cm³/mol. The molecule has 3 rings (SSSR count). The molecule has 1 aliphatic carbocycles. The van der Waals surface area contributed by atoms with Crippen LogP contribution in [0.4, 0.5) is 11.4 Å². The molecule has 0 radical (unpaired) electrons. The number of nitrogens with two attached hydrogens (primary N) is 1. The van der Waals surface area contributed by atoms with Crippen molar-refractivity contribution in [1.29, 1.82) is 0 Å². The Kier molecular flexibility index (Phi) is 3.88. The quantitative estimate of drug-likeness (QED) is 0.853. The van der Waals surface area contributed by atoms with Crippen LogP contribution in [0, 0.1) is 0 Å². The lowest BCUT2D eigenvalue weighted by atomic mass is 9.73. The van der Waals surface area contributed by atoms with E-state index in [0.29, 0.717) is 6.04 Å². The van der Waals surface area contributed by atoms with Gasteiger partial charge >= 0.3 is 0 Å². The minimum absolute atomic E-state index is 0.211. The molecule has 0 aromatic heterocycles. The Morgan fingerprint density at radius 3 is 2.65 bits per heavy atom. The highest BCUT2D eigenvalue weighted by Crippen LogP contribution is 2.44. The molecule has 1 atom stereocenters. The highest BCUT2D eigenvalue weighted by atomic mass is 16.5. The van der Waals surface area contributed by atoms with Gasteiger partial charge in [-0.15, -0.1) is 0 Å². The molecule has 20 heavy (non-hydrogen) atoms. The molecule has 3 heteroatoms. The van der Waals surface area contributed by atoms with Crippen LogP contribution in [0.15, 0.2) is 24.3 Å². The first kappa shape index (κ1) is 13.7. The first-order chi connectivity index (χ1) is 9.72. The Morgan fingerprint density at radius 1 is 1.30 bits per heavy atom. The van der Waals surface area contributed by atoms with Crippen molar-refractivity contribution in [3.63, 3.8) is 0 Å². The number of hydrogen-bond acceptors (Lipinski definition) is 3. The van der Waals surface area contributed by atoms with E-state index in [9.17, 15) is 0 Å². The second-order valence-corrected chi connectivity index (χ2v) is 6.32. The van der Waals surface area contributed by atoms with Crippen molar-refractivity contribution >= 4 is 11.4 Å². The van der Waals surface area contributed by atoms with Crippen molar-refractivity contribution in [3.05, 3.63) is 24.3 Å². The average Bonchev–Trinajstić information content (AvgIpc) is 2.44. The molecule has 2 N–H and O–H groups in total. The lowest BCUT2D eigenvalue weighted by Gasteiger charge is -2.50. The fraction of sp³-hybridized carbons (Fsp3) is 0.647. The molecule has 1 unspecified atom stereocenters. The number of hydrogen-bond donors (Lipinski definition) is 1. The van der Waals surface area contributed by atoms with Gasteiger partial charge in [-0.3, -0.25) is 0 Å². The first-order valence-electron chi connectivity index (χ1n) is 7.99. The van der Waals surface area contributed by atoms with Gasteiger partial charge in [-0.1, -0.05) is 6.92 Å². The monoisotopic (exact) mass is 274 g/mol. The minimum Gasteiger partial charge on any atom is -0.399 e. The topological polar surface area (TPSA) is 38.5 Å². The van der Waals surface area contributed by atoms with Crippen LogP contribution in [0.1, 0.15) is 45.4 Å². The van der Waals surface area contributed by atoms with Gasteiger partial charge in [0.25, 0.3) is 0 Å². The second kappa shape index (κ2) is 5.65. The highest BCUT2D eigenvalue weighted by Gasteiger charge is 2.43. The van der Waals surface area contributed by atoms with Crippen molar-refractivity contribution in [2.75, 3.05) is 23.8 Å². The molecular weight excluding hydrogens is 248 g/mol. The number of nitrogens with zero attached hydrogens (tertiary/aromatic N) is 1. The van der Waals surface area contributed by atoms with Gasteiger partial charge in [0, 0.05) is 30.6 Å². The third kappa shape index (κ3) is 2.64. The summed E-state index contributed by atoms with van der Waals surface area (Å²) in [6.45, 7) is 4.28. The number of nitrogen functional groups attached to an aromatic ring is 1. The molecule has 0 bridgehead atoms. The Hall–Kier alpha value is -1.22. The molecular formula is C17H26N2O. The number of ether oxygens (including phenoxy) is 1.